The fraction of sp³-hybridized carbons (Fsp3) is 0.294. The molecule has 1 aromatic rings. The van der Waals surface area contributed by atoms with Crippen LogP contribution in [0.5, 0.6) is 0 Å². The van der Waals surface area contributed by atoms with Gasteiger partial charge in [-0.3, -0.25) is 0 Å². The third-order valence-electron chi connectivity index (χ3n) is 2.79. The molecule has 0 bridgehead atoms. The lowest BCUT2D eigenvalue weighted by molar-refractivity contribution is 0.513. The average Bonchev–Trinajstić information content (AvgIpc) is 2.26. The molecule has 0 aliphatic heterocycles. The van der Waals surface area contributed by atoms with E-state index in [0.29, 0.717) is 0 Å². The molecule has 0 unspecified atom stereocenters. The van der Waals surface area contributed by atoms with E-state index in [-0.39, 0.29) is 5.76 Å². The van der Waals surface area contributed by atoms with Crippen molar-refractivity contribution in [1.82, 2.24) is 0 Å². The number of aryl methyl sites for hydroxylation is 1. The number of aliphatic hydroxyl groups is 1. The summed E-state index contributed by atoms with van der Waals surface area (Å²) in [6, 6.07) is 6.08. The molecule has 0 aliphatic rings. The van der Waals surface area contributed by atoms with Gasteiger partial charge in [0.1, 0.15) is 5.76 Å². The first-order valence-corrected chi connectivity index (χ1v) is 6.18. The second-order valence-corrected chi connectivity index (χ2v) is 5.03. The van der Waals surface area contributed by atoms with Gasteiger partial charge in [0.05, 0.1) is 0 Å². The second kappa shape index (κ2) is 6.25. The molecule has 96 valence electrons. The summed E-state index contributed by atoms with van der Waals surface area (Å²) in [5.74, 6) is 0.135. The Labute approximate surface area is 110 Å². The number of allylic oxidation sites excluding steroid dienone is 4. The standard InChI is InChI=1S/C17H22O/c1-12(2)6-7-13(3)10-16-8-9-17(15(5)18)14(4)11-16/h6-9,11,18H,5,10H2,1-4H3/b13-7-. The molecule has 0 fully saturated rings. The molecule has 0 aliphatic carbocycles. The Hall–Kier alpha value is -1.76. The van der Waals surface area contributed by atoms with E-state index in [0.717, 1.165) is 17.5 Å². The van der Waals surface area contributed by atoms with Crippen LogP contribution in [0.25, 0.3) is 5.76 Å². The summed E-state index contributed by atoms with van der Waals surface area (Å²) >= 11 is 0. The highest BCUT2D eigenvalue weighted by atomic mass is 16.3. The van der Waals surface area contributed by atoms with Crippen LogP contribution < -0.4 is 0 Å². The summed E-state index contributed by atoms with van der Waals surface area (Å²) < 4.78 is 0. The topological polar surface area (TPSA) is 20.2 Å². The van der Waals surface area contributed by atoms with Crippen molar-refractivity contribution in [3.05, 3.63) is 64.8 Å². The lowest BCUT2D eigenvalue weighted by atomic mass is 9.99. The molecule has 0 radical (unpaired) electrons. The number of hydrogen-bond acceptors (Lipinski definition) is 1. The van der Waals surface area contributed by atoms with Gasteiger partial charge in [-0.2, -0.15) is 0 Å². The molecule has 18 heavy (non-hydrogen) atoms. The van der Waals surface area contributed by atoms with Crippen LogP contribution in [0.15, 0.2) is 48.1 Å². The van der Waals surface area contributed by atoms with E-state index in [1.165, 1.54) is 16.7 Å². The first-order chi connectivity index (χ1) is 8.40. The lowest BCUT2D eigenvalue weighted by Gasteiger charge is -2.07. The Kier molecular flexibility index (Phi) is 4.96. The van der Waals surface area contributed by atoms with Crippen molar-refractivity contribution in [1.29, 1.82) is 0 Å². The summed E-state index contributed by atoms with van der Waals surface area (Å²) in [4.78, 5) is 0. The highest BCUT2D eigenvalue weighted by Crippen LogP contribution is 2.18. The smallest absolute Gasteiger partial charge is 0.115 e. The maximum absolute atomic E-state index is 9.41. The summed E-state index contributed by atoms with van der Waals surface area (Å²) in [7, 11) is 0. The molecule has 0 atom stereocenters. The zero-order chi connectivity index (χ0) is 13.7. The van der Waals surface area contributed by atoms with E-state index in [2.05, 4.69) is 45.6 Å². The normalized spacial score (nSPS) is 11.2. The average molecular weight is 242 g/mol. The van der Waals surface area contributed by atoms with Gasteiger partial charge in [0.15, 0.2) is 0 Å². The first-order valence-electron chi connectivity index (χ1n) is 6.18. The Bertz CT molecular complexity index is 500. The van der Waals surface area contributed by atoms with Gasteiger partial charge in [-0.25, -0.2) is 0 Å². The summed E-state index contributed by atoms with van der Waals surface area (Å²) in [6.07, 6.45) is 5.22. The van der Waals surface area contributed by atoms with Gasteiger partial charge in [0.2, 0.25) is 0 Å². The molecule has 0 spiro atoms. The van der Waals surface area contributed by atoms with Crippen molar-refractivity contribution in [2.24, 2.45) is 0 Å². The predicted molar refractivity (Wildman–Crippen MR) is 79.7 cm³/mol. The Morgan fingerprint density at radius 2 is 1.89 bits per heavy atom. The maximum Gasteiger partial charge on any atom is 0.115 e. The van der Waals surface area contributed by atoms with Crippen LogP contribution in [0.2, 0.25) is 0 Å². The summed E-state index contributed by atoms with van der Waals surface area (Å²) in [5, 5.41) is 9.41. The van der Waals surface area contributed by atoms with Gasteiger partial charge < -0.3 is 5.11 Å². The molecule has 0 aromatic heterocycles. The molecule has 1 aromatic carbocycles. The molecular formula is C17H22O. The van der Waals surface area contributed by atoms with Gasteiger partial charge in [-0.15, -0.1) is 0 Å². The van der Waals surface area contributed by atoms with Crippen LogP contribution in [0.3, 0.4) is 0 Å². The van der Waals surface area contributed by atoms with E-state index in [4.69, 9.17) is 0 Å². The third-order valence-corrected chi connectivity index (χ3v) is 2.79. The maximum atomic E-state index is 9.41. The van der Waals surface area contributed by atoms with Crippen molar-refractivity contribution in [3.8, 4) is 0 Å². The van der Waals surface area contributed by atoms with Crippen LogP contribution in [0.4, 0.5) is 0 Å². The second-order valence-electron chi connectivity index (χ2n) is 5.03. The van der Waals surface area contributed by atoms with E-state index < -0.39 is 0 Å². The molecule has 1 heteroatoms. The Morgan fingerprint density at radius 3 is 2.39 bits per heavy atom. The van der Waals surface area contributed by atoms with Gasteiger partial charge in [-0.1, -0.05) is 48.1 Å². The van der Waals surface area contributed by atoms with Crippen molar-refractivity contribution in [3.63, 3.8) is 0 Å². The third kappa shape index (κ3) is 4.25. The minimum atomic E-state index is 0.135. The fourth-order valence-electron chi connectivity index (χ4n) is 1.85. The SMILES string of the molecule is C=C(O)c1ccc(C/C(C)=C\C=C(C)C)cc1C. The van der Waals surface area contributed by atoms with Crippen LogP contribution >= 0.6 is 0 Å². The van der Waals surface area contributed by atoms with E-state index in [1.54, 1.807) is 0 Å². The fourth-order valence-corrected chi connectivity index (χ4v) is 1.85. The van der Waals surface area contributed by atoms with Gasteiger partial charge in [-0.05, 0) is 45.2 Å². The number of aliphatic hydroxyl groups excluding tert-OH is 1. The number of benzene rings is 1. The van der Waals surface area contributed by atoms with Crippen LogP contribution in [0.1, 0.15) is 37.5 Å². The number of hydrogen-bond donors (Lipinski definition) is 1. The molecule has 0 amide bonds. The van der Waals surface area contributed by atoms with Gasteiger partial charge in [0, 0.05) is 5.56 Å². The van der Waals surface area contributed by atoms with Crippen molar-refractivity contribution in [2.75, 3.05) is 0 Å². The van der Waals surface area contributed by atoms with E-state index in [1.807, 2.05) is 19.1 Å². The van der Waals surface area contributed by atoms with Crippen LogP contribution in [-0.2, 0) is 6.42 Å². The zero-order valence-electron chi connectivity index (χ0n) is 11.7. The Balaban J connectivity index is 2.87. The summed E-state index contributed by atoms with van der Waals surface area (Å²) in [5.41, 5.74) is 5.77. The van der Waals surface area contributed by atoms with E-state index in [9.17, 15) is 5.11 Å². The van der Waals surface area contributed by atoms with Gasteiger partial charge >= 0.3 is 0 Å². The molecule has 0 saturated heterocycles. The molecule has 0 heterocycles. The highest BCUT2D eigenvalue weighted by molar-refractivity contribution is 5.60. The summed E-state index contributed by atoms with van der Waals surface area (Å²) in [6.45, 7) is 11.9. The van der Waals surface area contributed by atoms with Crippen molar-refractivity contribution >= 4 is 5.76 Å². The largest absolute Gasteiger partial charge is 0.508 e. The Morgan fingerprint density at radius 1 is 1.22 bits per heavy atom. The molecule has 1 nitrogen and oxygen atoms in total. The predicted octanol–water partition coefficient (Wildman–Crippen LogP) is 4.98. The molecule has 0 saturated carbocycles. The van der Waals surface area contributed by atoms with Crippen LogP contribution in [0, 0.1) is 6.92 Å². The van der Waals surface area contributed by atoms with Crippen molar-refractivity contribution in [2.45, 2.75) is 34.1 Å². The minimum absolute atomic E-state index is 0.135. The highest BCUT2D eigenvalue weighted by Gasteiger charge is 2.02. The minimum Gasteiger partial charge on any atom is -0.508 e. The molecule has 1 rings (SSSR count). The van der Waals surface area contributed by atoms with E-state index >= 15 is 0 Å². The van der Waals surface area contributed by atoms with Crippen LogP contribution in [-0.4, -0.2) is 5.11 Å². The zero-order valence-corrected chi connectivity index (χ0v) is 11.7. The monoisotopic (exact) mass is 242 g/mol. The number of rotatable bonds is 4. The molecular weight excluding hydrogens is 220 g/mol. The quantitative estimate of drug-likeness (QED) is 0.583. The molecule has 1 N–H and O–H groups in total. The first kappa shape index (κ1) is 14.3. The lowest BCUT2D eigenvalue weighted by Crippen LogP contribution is -1.92. The van der Waals surface area contributed by atoms with Gasteiger partial charge in [0.25, 0.3) is 0 Å². The van der Waals surface area contributed by atoms with Crippen molar-refractivity contribution < 1.29 is 5.11 Å².